The van der Waals surface area contributed by atoms with Gasteiger partial charge in [0, 0.05) is 5.56 Å². The minimum absolute atomic E-state index is 0.165. The molecule has 0 aliphatic carbocycles. The standard InChI is InChI=1S/C14H13F/c1-2-11-7-9-12(10-8-11)13-5-3-4-6-14(13)15/h3-10H,2H2,1H3. The van der Waals surface area contributed by atoms with E-state index >= 15 is 0 Å². The van der Waals surface area contributed by atoms with Gasteiger partial charge >= 0.3 is 0 Å². The number of rotatable bonds is 2. The van der Waals surface area contributed by atoms with E-state index in [1.165, 1.54) is 11.6 Å². The first-order valence-corrected chi connectivity index (χ1v) is 5.15. The maximum absolute atomic E-state index is 13.5. The molecule has 0 atom stereocenters. The van der Waals surface area contributed by atoms with Crippen LogP contribution in [0.1, 0.15) is 12.5 Å². The molecule has 0 nitrogen and oxygen atoms in total. The summed E-state index contributed by atoms with van der Waals surface area (Å²) in [6, 6.07) is 14.9. The van der Waals surface area contributed by atoms with Crippen LogP contribution >= 0.6 is 0 Å². The normalized spacial score (nSPS) is 10.3. The van der Waals surface area contributed by atoms with Crippen molar-refractivity contribution in [3.63, 3.8) is 0 Å². The Hall–Kier alpha value is -1.63. The van der Waals surface area contributed by atoms with Crippen molar-refractivity contribution in [2.75, 3.05) is 0 Å². The van der Waals surface area contributed by atoms with E-state index in [2.05, 4.69) is 6.92 Å². The number of aryl methyl sites for hydroxylation is 1. The van der Waals surface area contributed by atoms with Gasteiger partial charge in [0.1, 0.15) is 5.82 Å². The van der Waals surface area contributed by atoms with Gasteiger partial charge in [0.15, 0.2) is 0 Å². The van der Waals surface area contributed by atoms with Crippen LogP contribution in [0, 0.1) is 5.82 Å². The molecule has 2 aromatic carbocycles. The van der Waals surface area contributed by atoms with Gasteiger partial charge in [-0.25, -0.2) is 4.39 Å². The van der Waals surface area contributed by atoms with Crippen molar-refractivity contribution < 1.29 is 4.39 Å². The lowest BCUT2D eigenvalue weighted by molar-refractivity contribution is 0.631. The Bertz CT molecular complexity index is 443. The van der Waals surface area contributed by atoms with E-state index in [1.54, 1.807) is 12.1 Å². The highest BCUT2D eigenvalue weighted by molar-refractivity contribution is 5.64. The fourth-order valence-corrected chi connectivity index (χ4v) is 1.62. The molecule has 0 aromatic heterocycles. The van der Waals surface area contributed by atoms with E-state index in [4.69, 9.17) is 0 Å². The molecule has 15 heavy (non-hydrogen) atoms. The quantitative estimate of drug-likeness (QED) is 0.686. The van der Waals surface area contributed by atoms with E-state index in [0.717, 1.165) is 12.0 Å². The van der Waals surface area contributed by atoms with Crippen molar-refractivity contribution in [1.82, 2.24) is 0 Å². The summed E-state index contributed by atoms with van der Waals surface area (Å²) in [4.78, 5) is 0. The molecule has 0 fully saturated rings. The average molecular weight is 200 g/mol. The summed E-state index contributed by atoms with van der Waals surface area (Å²) >= 11 is 0. The van der Waals surface area contributed by atoms with E-state index < -0.39 is 0 Å². The lowest BCUT2D eigenvalue weighted by Crippen LogP contribution is -1.84. The predicted octanol–water partition coefficient (Wildman–Crippen LogP) is 4.06. The molecular formula is C14H13F. The molecule has 2 rings (SSSR count). The second-order valence-electron chi connectivity index (χ2n) is 3.53. The predicted molar refractivity (Wildman–Crippen MR) is 61.2 cm³/mol. The molecule has 0 spiro atoms. The zero-order valence-corrected chi connectivity index (χ0v) is 8.70. The maximum atomic E-state index is 13.5. The number of benzene rings is 2. The molecule has 0 aliphatic heterocycles. The summed E-state index contributed by atoms with van der Waals surface area (Å²) in [5, 5.41) is 0. The molecule has 0 amide bonds. The first-order valence-electron chi connectivity index (χ1n) is 5.15. The SMILES string of the molecule is CCc1ccc(-c2ccccc2F)cc1. The Balaban J connectivity index is 2.42. The summed E-state index contributed by atoms with van der Waals surface area (Å²) in [7, 11) is 0. The Kier molecular flexibility index (Phi) is 2.82. The van der Waals surface area contributed by atoms with Crippen LogP contribution in [-0.2, 0) is 6.42 Å². The first kappa shape index (κ1) is 9.91. The van der Waals surface area contributed by atoms with Crippen LogP contribution in [0.3, 0.4) is 0 Å². The second-order valence-corrected chi connectivity index (χ2v) is 3.53. The van der Waals surface area contributed by atoms with E-state index in [1.807, 2.05) is 30.3 Å². The number of halogens is 1. The van der Waals surface area contributed by atoms with Gasteiger partial charge in [-0.05, 0) is 23.6 Å². The van der Waals surface area contributed by atoms with Gasteiger partial charge in [0.25, 0.3) is 0 Å². The Morgan fingerprint density at radius 1 is 0.933 bits per heavy atom. The molecule has 0 unspecified atom stereocenters. The smallest absolute Gasteiger partial charge is 0.131 e. The van der Waals surface area contributed by atoms with E-state index in [9.17, 15) is 4.39 Å². The number of hydrogen-bond donors (Lipinski definition) is 0. The van der Waals surface area contributed by atoms with E-state index in [0.29, 0.717) is 5.56 Å². The fourth-order valence-electron chi connectivity index (χ4n) is 1.62. The van der Waals surface area contributed by atoms with Crippen molar-refractivity contribution in [2.45, 2.75) is 13.3 Å². The largest absolute Gasteiger partial charge is 0.206 e. The van der Waals surface area contributed by atoms with Crippen molar-refractivity contribution in [3.8, 4) is 11.1 Å². The van der Waals surface area contributed by atoms with Crippen LogP contribution in [0.5, 0.6) is 0 Å². The maximum Gasteiger partial charge on any atom is 0.131 e. The molecule has 0 bridgehead atoms. The van der Waals surface area contributed by atoms with Crippen molar-refractivity contribution >= 4 is 0 Å². The molecule has 76 valence electrons. The van der Waals surface area contributed by atoms with Crippen LogP contribution in [-0.4, -0.2) is 0 Å². The Morgan fingerprint density at radius 2 is 1.60 bits per heavy atom. The van der Waals surface area contributed by atoms with Gasteiger partial charge in [-0.1, -0.05) is 49.4 Å². The van der Waals surface area contributed by atoms with Crippen LogP contribution in [0.25, 0.3) is 11.1 Å². The third-order valence-electron chi connectivity index (χ3n) is 2.55. The molecule has 0 heterocycles. The average Bonchev–Trinajstić information content (AvgIpc) is 2.30. The number of hydrogen-bond acceptors (Lipinski definition) is 0. The molecule has 0 N–H and O–H groups in total. The minimum Gasteiger partial charge on any atom is -0.206 e. The van der Waals surface area contributed by atoms with Gasteiger partial charge in [-0.3, -0.25) is 0 Å². The lowest BCUT2D eigenvalue weighted by Gasteiger charge is -2.04. The molecule has 0 aliphatic rings. The molecule has 0 radical (unpaired) electrons. The monoisotopic (exact) mass is 200 g/mol. The molecule has 0 saturated carbocycles. The molecular weight excluding hydrogens is 187 g/mol. The zero-order chi connectivity index (χ0) is 10.7. The van der Waals surface area contributed by atoms with Gasteiger partial charge in [0.05, 0.1) is 0 Å². The summed E-state index contributed by atoms with van der Waals surface area (Å²) in [5.41, 5.74) is 2.88. The molecule has 1 heteroatoms. The fraction of sp³-hybridized carbons (Fsp3) is 0.143. The summed E-state index contributed by atoms with van der Waals surface area (Å²) in [6.07, 6.45) is 1.01. The van der Waals surface area contributed by atoms with Crippen LogP contribution in [0.15, 0.2) is 48.5 Å². The highest BCUT2D eigenvalue weighted by Crippen LogP contribution is 2.22. The molecule has 0 saturated heterocycles. The highest BCUT2D eigenvalue weighted by Gasteiger charge is 2.02. The second kappa shape index (κ2) is 4.26. The first-order chi connectivity index (χ1) is 7.31. The van der Waals surface area contributed by atoms with Gasteiger partial charge in [-0.2, -0.15) is 0 Å². The van der Waals surface area contributed by atoms with E-state index in [-0.39, 0.29) is 5.82 Å². The van der Waals surface area contributed by atoms with Gasteiger partial charge < -0.3 is 0 Å². The Labute approximate surface area is 89.4 Å². The highest BCUT2D eigenvalue weighted by atomic mass is 19.1. The minimum atomic E-state index is -0.165. The van der Waals surface area contributed by atoms with Crippen LogP contribution < -0.4 is 0 Å². The van der Waals surface area contributed by atoms with Gasteiger partial charge in [-0.15, -0.1) is 0 Å². The third-order valence-corrected chi connectivity index (χ3v) is 2.55. The zero-order valence-electron chi connectivity index (χ0n) is 8.70. The van der Waals surface area contributed by atoms with Crippen molar-refractivity contribution in [1.29, 1.82) is 0 Å². The molecule has 2 aromatic rings. The van der Waals surface area contributed by atoms with Crippen molar-refractivity contribution in [2.24, 2.45) is 0 Å². The van der Waals surface area contributed by atoms with Crippen LogP contribution in [0.2, 0.25) is 0 Å². The van der Waals surface area contributed by atoms with Gasteiger partial charge in [0.2, 0.25) is 0 Å². The topological polar surface area (TPSA) is 0 Å². The summed E-state index contributed by atoms with van der Waals surface area (Å²) in [6.45, 7) is 2.11. The van der Waals surface area contributed by atoms with Crippen LogP contribution in [0.4, 0.5) is 4.39 Å². The summed E-state index contributed by atoms with van der Waals surface area (Å²) < 4.78 is 13.5. The lowest BCUT2D eigenvalue weighted by atomic mass is 10.0. The summed E-state index contributed by atoms with van der Waals surface area (Å²) in [5.74, 6) is -0.165. The Morgan fingerprint density at radius 3 is 2.20 bits per heavy atom. The van der Waals surface area contributed by atoms with Crippen molar-refractivity contribution in [3.05, 3.63) is 59.9 Å². The third kappa shape index (κ3) is 2.07.